The van der Waals surface area contributed by atoms with Crippen LogP contribution in [0.3, 0.4) is 0 Å². The molecule has 0 radical (unpaired) electrons. The minimum absolute atomic E-state index is 0.114. The van der Waals surface area contributed by atoms with Crippen molar-refractivity contribution in [3.8, 4) is 0 Å². The molecule has 80 valence electrons. The number of hydrogen-bond acceptors (Lipinski definition) is 3. The molecule has 15 heavy (non-hydrogen) atoms. The number of aliphatic hydroxyl groups is 2. The van der Waals surface area contributed by atoms with Crippen LogP contribution in [0.25, 0.3) is 0 Å². The summed E-state index contributed by atoms with van der Waals surface area (Å²) in [7, 11) is 0. The highest BCUT2D eigenvalue weighted by Gasteiger charge is 2.12. The number of carboxylic acid groups (broad SMARTS) is 1. The molecule has 0 aliphatic rings. The Morgan fingerprint density at radius 1 is 1.13 bits per heavy atom. The lowest BCUT2D eigenvalue weighted by Crippen LogP contribution is -2.10. The highest BCUT2D eigenvalue weighted by Crippen LogP contribution is 2.09. The van der Waals surface area contributed by atoms with Crippen LogP contribution in [0.4, 0.5) is 0 Å². The maximum absolute atomic E-state index is 10.6. The van der Waals surface area contributed by atoms with E-state index in [4.69, 9.17) is 10.2 Å². The van der Waals surface area contributed by atoms with Gasteiger partial charge in [-0.3, -0.25) is 0 Å². The number of carboxylic acids is 1. The Hall–Kier alpha value is -1.81. The molecule has 3 N–H and O–H groups in total. The van der Waals surface area contributed by atoms with Crippen LogP contribution in [0, 0.1) is 0 Å². The van der Waals surface area contributed by atoms with E-state index in [1.54, 1.807) is 24.3 Å². The van der Waals surface area contributed by atoms with Gasteiger partial charge in [0.15, 0.2) is 0 Å². The molecule has 0 amide bonds. The summed E-state index contributed by atoms with van der Waals surface area (Å²) in [5.74, 6) is -1.61. The summed E-state index contributed by atoms with van der Waals surface area (Å²) in [5.41, 5.74) is 0.432. The Morgan fingerprint density at radius 2 is 1.73 bits per heavy atom. The molecule has 0 unspecified atom stereocenters. The lowest BCUT2D eigenvalue weighted by molar-refractivity contribution is -0.133. The molecule has 0 bridgehead atoms. The van der Waals surface area contributed by atoms with Crippen LogP contribution >= 0.6 is 0 Å². The summed E-state index contributed by atoms with van der Waals surface area (Å²) < 4.78 is 0. The summed E-state index contributed by atoms with van der Waals surface area (Å²) in [4.78, 5) is 10.6. The van der Waals surface area contributed by atoms with Gasteiger partial charge in [0.05, 0.1) is 12.2 Å². The predicted octanol–water partition coefficient (Wildman–Crippen LogP) is 1.12. The van der Waals surface area contributed by atoms with Crippen LogP contribution in [-0.2, 0) is 11.2 Å². The molecular weight excluding hydrogens is 196 g/mol. The van der Waals surface area contributed by atoms with E-state index in [0.717, 1.165) is 5.56 Å². The second kappa shape index (κ2) is 5.17. The smallest absolute Gasteiger partial charge is 0.337 e. The number of aliphatic carboxylic acids is 1. The molecule has 0 aliphatic carbocycles. The number of aliphatic hydroxyl groups excluding tert-OH is 2. The Balaban J connectivity index is 2.86. The molecule has 1 rings (SSSR count). The Bertz CT molecular complexity index is 367. The molecular formula is C11H12O4. The number of hydrogen-bond donors (Lipinski definition) is 3. The fraction of sp³-hybridized carbons (Fsp3) is 0.182. The lowest BCUT2D eigenvalue weighted by Gasteiger charge is -2.04. The maximum Gasteiger partial charge on any atom is 0.337 e. The molecule has 0 aliphatic heterocycles. The molecule has 0 spiro atoms. The molecule has 4 nitrogen and oxygen atoms in total. The van der Waals surface area contributed by atoms with Gasteiger partial charge in [0.2, 0.25) is 0 Å². The van der Waals surface area contributed by atoms with Gasteiger partial charge in [0.25, 0.3) is 0 Å². The average Bonchev–Trinajstić information content (AvgIpc) is 2.19. The quantitative estimate of drug-likeness (QED) is 0.511. The number of allylic oxidation sites excluding steroid dienone is 1. The summed E-state index contributed by atoms with van der Waals surface area (Å²) in [6, 6.07) is 8.96. The van der Waals surface area contributed by atoms with Crippen molar-refractivity contribution >= 4 is 5.97 Å². The van der Waals surface area contributed by atoms with Crippen LogP contribution < -0.4 is 0 Å². The standard InChI is InChI=1S/C11H12O4/c12-7-9(11(14)15)10(13)6-8-4-2-1-3-5-8/h1-5,12-13H,6-7H2,(H,14,15). The van der Waals surface area contributed by atoms with Crippen LogP contribution in [0.2, 0.25) is 0 Å². The highest BCUT2D eigenvalue weighted by molar-refractivity contribution is 5.87. The van der Waals surface area contributed by atoms with E-state index in [1.165, 1.54) is 0 Å². The van der Waals surface area contributed by atoms with Crippen molar-refractivity contribution < 1.29 is 20.1 Å². The van der Waals surface area contributed by atoms with E-state index in [0.29, 0.717) is 0 Å². The van der Waals surface area contributed by atoms with E-state index >= 15 is 0 Å². The fourth-order valence-corrected chi connectivity index (χ4v) is 1.18. The van der Waals surface area contributed by atoms with Gasteiger partial charge >= 0.3 is 5.97 Å². The van der Waals surface area contributed by atoms with E-state index in [1.807, 2.05) is 6.07 Å². The van der Waals surface area contributed by atoms with Gasteiger partial charge in [0.1, 0.15) is 5.76 Å². The molecule has 0 saturated heterocycles. The lowest BCUT2D eigenvalue weighted by atomic mass is 10.1. The second-order valence-electron chi connectivity index (χ2n) is 3.05. The third-order valence-corrected chi connectivity index (χ3v) is 1.98. The SMILES string of the molecule is O=C(O)C(CO)=C(O)Cc1ccccc1. The second-order valence-corrected chi connectivity index (χ2v) is 3.05. The number of benzene rings is 1. The summed E-state index contributed by atoms with van der Waals surface area (Å²) in [5, 5.41) is 26.9. The van der Waals surface area contributed by atoms with E-state index in [9.17, 15) is 9.90 Å². The minimum atomic E-state index is -1.30. The van der Waals surface area contributed by atoms with Crippen molar-refractivity contribution in [3.05, 3.63) is 47.2 Å². The first-order valence-electron chi connectivity index (χ1n) is 4.44. The molecule has 0 aromatic heterocycles. The Labute approximate surface area is 87.1 Å². The first-order chi connectivity index (χ1) is 7.15. The molecule has 1 aromatic carbocycles. The Morgan fingerprint density at radius 3 is 2.20 bits per heavy atom. The van der Waals surface area contributed by atoms with Gasteiger partial charge in [-0.2, -0.15) is 0 Å². The van der Waals surface area contributed by atoms with Gasteiger partial charge in [0, 0.05) is 6.42 Å². The average molecular weight is 208 g/mol. The van der Waals surface area contributed by atoms with E-state index in [2.05, 4.69) is 0 Å². The number of carbonyl (C=O) groups is 1. The van der Waals surface area contributed by atoms with Gasteiger partial charge in [-0.15, -0.1) is 0 Å². The maximum atomic E-state index is 10.6. The fourth-order valence-electron chi connectivity index (χ4n) is 1.18. The molecule has 4 heteroatoms. The van der Waals surface area contributed by atoms with Gasteiger partial charge in [-0.05, 0) is 5.56 Å². The number of rotatable bonds is 4. The predicted molar refractivity (Wildman–Crippen MR) is 54.5 cm³/mol. The van der Waals surface area contributed by atoms with Crippen molar-refractivity contribution in [2.45, 2.75) is 6.42 Å². The first-order valence-corrected chi connectivity index (χ1v) is 4.44. The molecule has 0 heterocycles. The Kier molecular flexibility index (Phi) is 3.88. The third kappa shape index (κ3) is 3.11. The van der Waals surface area contributed by atoms with E-state index < -0.39 is 12.6 Å². The summed E-state index contributed by atoms with van der Waals surface area (Å²) in [6.07, 6.45) is 0.114. The van der Waals surface area contributed by atoms with Crippen molar-refractivity contribution in [2.75, 3.05) is 6.61 Å². The molecule has 1 aromatic rings. The zero-order chi connectivity index (χ0) is 11.3. The van der Waals surface area contributed by atoms with Crippen LogP contribution in [-0.4, -0.2) is 27.9 Å². The monoisotopic (exact) mass is 208 g/mol. The van der Waals surface area contributed by atoms with Crippen molar-refractivity contribution in [1.29, 1.82) is 0 Å². The van der Waals surface area contributed by atoms with Crippen LogP contribution in [0.15, 0.2) is 41.7 Å². The normalized spacial score (nSPS) is 12.1. The zero-order valence-corrected chi connectivity index (χ0v) is 8.05. The topological polar surface area (TPSA) is 77.8 Å². The first kappa shape index (κ1) is 11.3. The van der Waals surface area contributed by atoms with E-state index in [-0.39, 0.29) is 17.8 Å². The van der Waals surface area contributed by atoms with Gasteiger partial charge < -0.3 is 15.3 Å². The molecule has 0 atom stereocenters. The third-order valence-electron chi connectivity index (χ3n) is 1.98. The zero-order valence-electron chi connectivity index (χ0n) is 8.05. The minimum Gasteiger partial charge on any atom is -0.511 e. The summed E-state index contributed by atoms with van der Waals surface area (Å²) in [6.45, 7) is -0.673. The molecule has 0 fully saturated rings. The van der Waals surface area contributed by atoms with Crippen LogP contribution in [0.5, 0.6) is 0 Å². The highest BCUT2D eigenvalue weighted by atomic mass is 16.4. The largest absolute Gasteiger partial charge is 0.511 e. The van der Waals surface area contributed by atoms with Gasteiger partial charge in [-0.25, -0.2) is 4.79 Å². The van der Waals surface area contributed by atoms with Crippen molar-refractivity contribution in [2.24, 2.45) is 0 Å². The van der Waals surface area contributed by atoms with Crippen molar-refractivity contribution in [1.82, 2.24) is 0 Å². The summed E-state index contributed by atoms with van der Waals surface area (Å²) >= 11 is 0. The van der Waals surface area contributed by atoms with Crippen molar-refractivity contribution in [3.63, 3.8) is 0 Å². The van der Waals surface area contributed by atoms with Gasteiger partial charge in [-0.1, -0.05) is 30.3 Å². The van der Waals surface area contributed by atoms with Crippen LogP contribution in [0.1, 0.15) is 5.56 Å². The molecule has 0 saturated carbocycles.